The number of hydrogen-bond acceptors (Lipinski definition) is 5. The van der Waals surface area contributed by atoms with Gasteiger partial charge >= 0.3 is 0 Å². The summed E-state index contributed by atoms with van der Waals surface area (Å²) in [5.41, 5.74) is 6.18. The Balaban J connectivity index is 1.46. The molecule has 1 fully saturated rings. The van der Waals surface area contributed by atoms with Crippen LogP contribution in [-0.2, 0) is 16.0 Å². The molecule has 0 aliphatic carbocycles. The molecule has 0 spiro atoms. The summed E-state index contributed by atoms with van der Waals surface area (Å²) >= 11 is 0. The van der Waals surface area contributed by atoms with E-state index >= 15 is 0 Å². The molecule has 1 atom stereocenters. The van der Waals surface area contributed by atoms with Gasteiger partial charge in [-0.2, -0.15) is 4.98 Å². The van der Waals surface area contributed by atoms with Gasteiger partial charge in [-0.3, -0.25) is 9.59 Å². The average molecular weight is 328 g/mol. The maximum atomic E-state index is 12.1. The predicted molar refractivity (Wildman–Crippen MR) is 86.6 cm³/mol. The Hall–Kier alpha value is -2.70. The molecule has 3 rings (SSSR count). The lowest BCUT2D eigenvalue weighted by Crippen LogP contribution is -2.31. The van der Waals surface area contributed by atoms with E-state index in [-0.39, 0.29) is 17.7 Å². The number of likely N-dealkylation sites (tertiary alicyclic amines) is 1. The molecular formula is C17H20N4O3. The first-order valence-electron chi connectivity index (χ1n) is 8.08. The van der Waals surface area contributed by atoms with Crippen LogP contribution in [0.4, 0.5) is 0 Å². The second kappa shape index (κ2) is 7.25. The van der Waals surface area contributed by atoms with Crippen molar-refractivity contribution in [2.75, 3.05) is 13.1 Å². The van der Waals surface area contributed by atoms with E-state index in [1.807, 2.05) is 30.3 Å². The summed E-state index contributed by atoms with van der Waals surface area (Å²) in [4.78, 5) is 29.3. The molecule has 1 aromatic heterocycles. The maximum Gasteiger partial charge on any atom is 0.226 e. The van der Waals surface area contributed by atoms with Crippen molar-refractivity contribution in [3.8, 4) is 11.4 Å². The van der Waals surface area contributed by atoms with Gasteiger partial charge in [-0.05, 0) is 12.8 Å². The number of nitrogens with zero attached hydrogens (tertiary/aromatic N) is 3. The van der Waals surface area contributed by atoms with Crippen molar-refractivity contribution >= 4 is 11.8 Å². The molecule has 0 saturated carbocycles. The summed E-state index contributed by atoms with van der Waals surface area (Å²) < 4.78 is 5.23. The summed E-state index contributed by atoms with van der Waals surface area (Å²) in [6, 6.07) is 9.59. The number of amides is 2. The summed E-state index contributed by atoms with van der Waals surface area (Å²) in [5, 5.41) is 3.96. The van der Waals surface area contributed by atoms with Gasteiger partial charge in [-0.15, -0.1) is 0 Å². The third-order valence-corrected chi connectivity index (χ3v) is 4.22. The minimum Gasteiger partial charge on any atom is -0.369 e. The van der Waals surface area contributed by atoms with E-state index in [1.54, 1.807) is 4.90 Å². The number of nitrogens with two attached hydrogens (primary N) is 1. The average Bonchev–Trinajstić information content (AvgIpc) is 3.25. The van der Waals surface area contributed by atoms with Crippen molar-refractivity contribution in [3.05, 3.63) is 36.2 Å². The van der Waals surface area contributed by atoms with Gasteiger partial charge in [0.15, 0.2) is 0 Å². The Morgan fingerprint density at radius 3 is 2.79 bits per heavy atom. The third-order valence-electron chi connectivity index (χ3n) is 4.22. The van der Waals surface area contributed by atoms with Crippen molar-refractivity contribution < 1.29 is 14.1 Å². The Kier molecular flexibility index (Phi) is 4.88. The van der Waals surface area contributed by atoms with Crippen LogP contribution in [0.2, 0.25) is 0 Å². The molecule has 0 radical (unpaired) electrons. The van der Waals surface area contributed by atoms with Gasteiger partial charge < -0.3 is 15.2 Å². The van der Waals surface area contributed by atoms with Crippen LogP contribution in [0, 0.1) is 5.92 Å². The first-order valence-corrected chi connectivity index (χ1v) is 8.08. The fourth-order valence-corrected chi connectivity index (χ4v) is 2.83. The normalized spacial score (nSPS) is 17.2. The summed E-state index contributed by atoms with van der Waals surface area (Å²) in [6.07, 6.45) is 2.24. The van der Waals surface area contributed by atoms with Gasteiger partial charge in [0.2, 0.25) is 23.5 Å². The summed E-state index contributed by atoms with van der Waals surface area (Å²) in [6.45, 7) is 1.04. The highest BCUT2D eigenvalue weighted by molar-refractivity contribution is 5.81. The summed E-state index contributed by atoms with van der Waals surface area (Å²) in [7, 11) is 0. The van der Waals surface area contributed by atoms with E-state index in [4.69, 9.17) is 10.3 Å². The Labute approximate surface area is 139 Å². The third kappa shape index (κ3) is 3.79. The van der Waals surface area contributed by atoms with Crippen molar-refractivity contribution in [2.24, 2.45) is 11.7 Å². The van der Waals surface area contributed by atoms with E-state index in [1.165, 1.54) is 0 Å². The molecule has 0 unspecified atom stereocenters. The van der Waals surface area contributed by atoms with Gasteiger partial charge in [-0.25, -0.2) is 0 Å². The van der Waals surface area contributed by atoms with Crippen LogP contribution < -0.4 is 5.73 Å². The molecule has 2 aromatic rings. The highest BCUT2D eigenvalue weighted by Gasteiger charge is 2.29. The molecule has 1 aliphatic heterocycles. The lowest BCUT2D eigenvalue weighted by atomic mass is 10.1. The highest BCUT2D eigenvalue weighted by atomic mass is 16.5. The van der Waals surface area contributed by atoms with Crippen molar-refractivity contribution in [1.29, 1.82) is 0 Å². The Bertz CT molecular complexity index is 714. The van der Waals surface area contributed by atoms with Gasteiger partial charge in [-0.1, -0.05) is 35.5 Å². The molecule has 1 saturated heterocycles. The zero-order valence-electron chi connectivity index (χ0n) is 13.4. The topological polar surface area (TPSA) is 102 Å². The smallest absolute Gasteiger partial charge is 0.226 e. The van der Waals surface area contributed by atoms with E-state index in [9.17, 15) is 9.59 Å². The monoisotopic (exact) mass is 328 g/mol. The minimum absolute atomic E-state index is 0.0431. The Morgan fingerprint density at radius 1 is 1.29 bits per heavy atom. The van der Waals surface area contributed by atoms with E-state index < -0.39 is 0 Å². The lowest BCUT2D eigenvalue weighted by Gasteiger charge is -2.15. The largest absolute Gasteiger partial charge is 0.369 e. The molecule has 7 nitrogen and oxygen atoms in total. The number of primary amides is 1. The van der Waals surface area contributed by atoms with E-state index in [2.05, 4.69) is 10.1 Å². The predicted octanol–water partition coefficient (Wildman–Crippen LogP) is 1.39. The van der Waals surface area contributed by atoms with Gasteiger partial charge in [0, 0.05) is 31.5 Å². The zero-order valence-corrected chi connectivity index (χ0v) is 13.4. The maximum absolute atomic E-state index is 12.1. The Morgan fingerprint density at radius 2 is 2.08 bits per heavy atom. The quantitative estimate of drug-likeness (QED) is 0.863. The number of benzene rings is 1. The van der Waals surface area contributed by atoms with Crippen LogP contribution in [0.5, 0.6) is 0 Å². The van der Waals surface area contributed by atoms with Crippen LogP contribution in [0.1, 0.15) is 25.2 Å². The molecule has 24 heavy (non-hydrogen) atoms. The number of aromatic nitrogens is 2. The number of rotatable bonds is 6. The molecule has 1 aromatic carbocycles. The first kappa shape index (κ1) is 16.2. The van der Waals surface area contributed by atoms with Crippen molar-refractivity contribution in [3.63, 3.8) is 0 Å². The standard InChI is InChI=1S/C17H20N4O3/c18-16(23)13-9-10-21(11-13)15(22)8-4-7-14-19-17(20-24-14)12-5-2-1-3-6-12/h1-3,5-6,13H,4,7-11H2,(H2,18,23)/t13-/m0/s1. The lowest BCUT2D eigenvalue weighted by molar-refractivity contribution is -0.130. The van der Waals surface area contributed by atoms with Crippen LogP contribution >= 0.6 is 0 Å². The van der Waals surface area contributed by atoms with E-state index in [0.717, 1.165) is 5.56 Å². The molecule has 0 bridgehead atoms. The van der Waals surface area contributed by atoms with Crippen molar-refractivity contribution in [2.45, 2.75) is 25.7 Å². The molecular weight excluding hydrogens is 308 g/mol. The molecule has 2 N–H and O–H groups in total. The highest BCUT2D eigenvalue weighted by Crippen LogP contribution is 2.18. The number of hydrogen-bond donors (Lipinski definition) is 1. The molecule has 1 aliphatic rings. The fourth-order valence-electron chi connectivity index (χ4n) is 2.83. The minimum atomic E-state index is -0.329. The van der Waals surface area contributed by atoms with Gasteiger partial charge in [0.05, 0.1) is 5.92 Å². The molecule has 2 amide bonds. The summed E-state index contributed by atoms with van der Waals surface area (Å²) in [5.74, 6) is 0.586. The number of carbonyl (C=O) groups is 2. The zero-order chi connectivity index (χ0) is 16.9. The number of aryl methyl sites for hydroxylation is 1. The second-order valence-electron chi connectivity index (χ2n) is 5.96. The van der Waals surface area contributed by atoms with Gasteiger partial charge in [0.1, 0.15) is 0 Å². The number of carbonyl (C=O) groups excluding carboxylic acids is 2. The molecule has 2 heterocycles. The van der Waals surface area contributed by atoms with Crippen LogP contribution in [-0.4, -0.2) is 39.9 Å². The second-order valence-corrected chi connectivity index (χ2v) is 5.96. The fraction of sp³-hybridized carbons (Fsp3) is 0.412. The van der Waals surface area contributed by atoms with Gasteiger partial charge in [0.25, 0.3) is 0 Å². The molecule has 126 valence electrons. The van der Waals surface area contributed by atoms with Crippen molar-refractivity contribution in [1.82, 2.24) is 15.0 Å². The SMILES string of the molecule is NC(=O)[C@H]1CCN(C(=O)CCCc2nc(-c3ccccc3)no2)C1. The van der Waals surface area contributed by atoms with Crippen LogP contribution in [0.25, 0.3) is 11.4 Å². The van der Waals surface area contributed by atoms with Crippen LogP contribution in [0.15, 0.2) is 34.9 Å². The van der Waals surface area contributed by atoms with Crippen LogP contribution in [0.3, 0.4) is 0 Å². The first-order chi connectivity index (χ1) is 11.6. The molecule has 7 heteroatoms. The van der Waals surface area contributed by atoms with E-state index in [0.29, 0.717) is 50.5 Å².